The number of benzene rings is 2. The molecule has 0 aliphatic rings. The summed E-state index contributed by atoms with van der Waals surface area (Å²) in [6.45, 7) is 1.63. The van der Waals surface area contributed by atoms with Gasteiger partial charge in [-0.25, -0.2) is 13.2 Å². The monoisotopic (exact) mass is 308 g/mol. The third kappa shape index (κ3) is 4.51. The van der Waals surface area contributed by atoms with Crippen LogP contribution in [0.1, 0.15) is 18.5 Å². The highest BCUT2D eigenvalue weighted by molar-refractivity contribution is 5.81. The molecule has 3 nitrogen and oxygen atoms in total. The van der Waals surface area contributed by atoms with E-state index in [4.69, 9.17) is 0 Å². The first-order chi connectivity index (χ1) is 10.4. The number of anilines is 1. The number of hydrogen-bond acceptors (Lipinski definition) is 2. The number of carbonyl (C=O) groups excluding carboxylic acids is 1. The van der Waals surface area contributed by atoms with Gasteiger partial charge in [-0.2, -0.15) is 0 Å². The van der Waals surface area contributed by atoms with Gasteiger partial charge in [0.15, 0.2) is 0 Å². The Labute approximate surface area is 126 Å². The first-order valence-electron chi connectivity index (χ1n) is 6.69. The summed E-state index contributed by atoms with van der Waals surface area (Å²) in [4.78, 5) is 11.8. The quantitative estimate of drug-likeness (QED) is 0.889. The molecule has 0 radical (unpaired) electrons. The van der Waals surface area contributed by atoms with Crippen molar-refractivity contribution in [3.63, 3.8) is 0 Å². The van der Waals surface area contributed by atoms with Gasteiger partial charge in [-0.1, -0.05) is 12.1 Å². The Kier molecular flexibility index (Phi) is 5.04. The van der Waals surface area contributed by atoms with E-state index < -0.39 is 11.6 Å². The third-order valence-corrected chi connectivity index (χ3v) is 3.06. The van der Waals surface area contributed by atoms with E-state index in [0.717, 1.165) is 23.8 Å². The zero-order valence-corrected chi connectivity index (χ0v) is 11.9. The van der Waals surface area contributed by atoms with E-state index in [-0.39, 0.29) is 30.0 Å². The van der Waals surface area contributed by atoms with Gasteiger partial charge in [0, 0.05) is 11.8 Å². The maximum Gasteiger partial charge on any atom is 0.239 e. The molecule has 1 unspecified atom stereocenters. The molecule has 0 saturated carbocycles. The molecule has 116 valence electrons. The number of rotatable bonds is 5. The molecule has 0 aromatic heterocycles. The third-order valence-electron chi connectivity index (χ3n) is 3.06. The van der Waals surface area contributed by atoms with Crippen LogP contribution in [0.25, 0.3) is 0 Å². The Bertz CT molecular complexity index is 639. The van der Waals surface area contributed by atoms with Crippen molar-refractivity contribution in [3.8, 4) is 0 Å². The molecule has 0 aliphatic heterocycles. The van der Waals surface area contributed by atoms with E-state index in [1.807, 2.05) is 0 Å². The molecule has 0 heterocycles. The molecular formula is C16H15F3N2O. The fraction of sp³-hybridized carbons (Fsp3) is 0.188. The smallest absolute Gasteiger partial charge is 0.239 e. The second kappa shape index (κ2) is 6.98. The molecule has 22 heavy (non-hydrogen) atoms. The van der Waals surface area contributed by atoms with Crippen LogP contribution in [0.5, 0.6) is 0 Å². The van der Waals surface area contributed by atoms with Crippen LogP contribution in [-0.2, 0) is 4.79 Å². The lowest BCUT2D eigenvalue weighted by molar-refractivity contribution is -0.120. The van der Waals surface area contributed by atoms with Crippen molar-refractivity contribution in [1.29, 1.82) is 0 Å². The van der Waals surface area contributed by atoms with Gasteiger partial charge in [-0.05, 0) is 36.8 Å². The second-order valence-corrected chi connectivity index (χ2v) is 4.85. The van der Waals surface area contributed by atoms with Crippen LogP contribution in [0.2, 0.25) is 0 Å². The van der Waals surface area contributed by atoms with Crippen LogP contribution in [0.3, 0.4) is 0 Å². The largest absolute Gasteiger partial charge is 0.376 e. The van der Waals surface area contributed by atoms with Crippen molar-refractivity contribution in [3.05, 3.63) is 65.5 Å². The summed E-state index contributed by atoms with van der Waals surface area (Å²) in [5.41, 5.74) is 0.939. The predicted molar refractivity (Wildman–Crippen MR) is 77.8 cm³/mol. The topological polar surface area (TPSA) is 41.1 Å². The number of amides is 1. The standard InChI is InChI=1S/C16H15F3N2O/c1-10(11-2-4-12(17)5-3-11)21-16(22)9-20-15-7-13(18)6-14(19)8-15/h2-8,10,20H,9H2,1H3,(H,21,22). The van der Waals surface area contributed by atoms with Crippen LogP contribution < -0.4 is 10.6 Å². The van der Waals surface area contributed by atoms with Gasteiger partial charge in [0.25, 0.3) is 0 Å². The number of hydrogen-bond donors (Lipinski definition) is 2. The van der Waals surface area contributed by atoms with Crippen molar-refractivity contribution in [2.45, 2.75) is 13.0 Å². The molecule has 2 aromatic rings. The fourth-order valence-electron chi connectivity index (χ4n) is 1.97. The van der Waals surface area contributed by atoms with E-state index in [1.54, 1.807) is 19.1 Å². The Morgan fingerprint density at radius 2 is 1.59 bits per heavy atom. The molecule has 0 saturated heterocycles. The highest BCUT2D eigenvalue weighted by Gasteiger charge is 2.10. The summed E-state index contributed by atoms with van der Waals surface area (Å²) >= 11 is 0. The maximum atomic E-state index is 13.0. The van der Waals surface area contributed by atoms with Gasteiger partial charge in [-0.3, -0.25) is 4.79 Å². The van der Waals surface area contributed by atoms with Gasteiger partial charge in [0.2, 0.25) is 5.91 Å². The Hall–Kier alpha value is -2.50. The normalized spacial score (nSPS) is 11.8. The highest BCUT2D eigenvalue weighted by Crippen LogP contribution is 2.14. The average Bonchev–Trinajstić information content (AvgIpc) is 2.45. The summed E-state index contributed by atoms with van der Waals surface area (Å²) < 4.78 is 38.8. The Balaban J connectivity index is 1.88. The number of carbonyl (C=O) groups is 1. The van der Waals surface area contributed by atoms with E-state index in [1.165, 1.54) is 12.1 Å². The van der Waals surface area contributed by atoms with E-state index in [2.05, 4.69) is 10.6 Å². The zero-order valence-electron chi connectivity index (χ0n) is 11.9. The first-order valence-corrected chi connectivity index (χ1v) is 6.69. The molecule has 2 aromatic carbocycles. The summed E-state index contributed by atoms with van der Waals surface area (Å²) in [5.74, 6) is -2.14. The lowest BCUT2D eigenvalue weighted by Crippen LogP contribution is -2.32. The van der Waals surface area contributed by atoms with Gasteiger partial charge in [0.05, 0.1) is 12.6 Å². The predicted octanol–water partition coefficient (Wildman–Crippen LogP) is 3.39. The molecule has 1 atom stereocenters. The second-order valence-electron chi connectivity index (χ2n) is 4.85. The van der Waals surface area contributed by atoms with E-state index >= 15 is 0 Å². The van der Waals surface area contributed by atoms with Crippen molar-refractivity contribution < 1.29 is 18.0 Å². The zero-order chi connectivity index (χ0) is 16.1. The fourth-order valence-corrected chi connectivity index (χ4v) is 1.97. The van der Waals surface area contributed by atoms with Crippen LogP contribution in [-0.4, -0.2) is 12.5 Å². The summed E-state index contributed by atoms with van der Waals surface area (Å²) in [5, 5.41) is 5.34. The van der Waals surface area contributed by atoms with Crippen LogP contribution >= 0.6 is 0 Å². The maximum absolute atomic E-state index is 13.0. The molecular weight excluding hydrogens is 293 g/mol. The Morgan fingerprint density at radius 1 is 1.00 bits per heavy atom. The molecule has 0 bridgehead atoms. The number of nitrogens with one attached hydrogen (secondary N) is 2. The molecule has 2 rings (SSSR count). The lowest BCUT2D eigenvalue weighted by atomic mass is 10.1. The summed E-state index contributed by atoms with van der Waals surface area (Å²) in [6.07, 6.45) is 0. The summed E-state index contributed by atoms with van der Waals surface area (Å²) in [6, 6.07) is 8.42. The van der Waals surface area contributed by atoms with E-state index in [0.29, 0.717) is 0 Å². The van der Waals surface area contributed by atoms with Gasteiger partial charge < -0.3 is 10.6 Å². The van der Waals surface area contributed by atoms with Gasteiger partial charge in [-0.15, -0.1) is 0 Å². The molecule has 0 fully saturated rings. The minimum atomic E-state index is -0.720. The molecule has 2 N–H and O–H groups in total. The minimum absolute atomic E-state index is 0.131. The van der Waals surface area contributed by atoms with Crippen LogP contribution in [0.15, 0.2) is 42.5 Å². The highest BCUT2D eigenvalue weighted by atomic mass is 19.1. The van der Waals surface area contributed by atoms with Gasteiger partial charge >= 0.3 is 0 Å². The minimum Gasteiger partial charge on any atom is -0.376 e. The summed E-state index contributed by atoms with van der Waals surface area (Å²) in [7, 11) is 0. The Morgan fingerprint density at radius 3 is 2.18 bits per heavy atom. The average molecular weight is 308 g/mol. The van der Waals surface area contributed by atoms with Crippen LogP contribution in [0.4, 0.5) is 18.9 Å². The lowest BCUT2D eigenvalue weighted by Gasteiger charge is -2.15. The molecule has 1 amide bonds. The molecule has 0 spiro atoms. The van der Waals surface area contributed by atoms with Crippen molar-refractivity contribution in [2.24, 2.45) is 0 Å². The molecule has 6 heteroatoms. The first kappa shape index (κ1) is 15.9. The van der Waals surface area contributed by atoms with E-state index in [9.17, 15) is 18.0 Å². The molecule has 0 aliphatic carbocycles. The van der Waals surface area contributed by atoms with Crippen molar-refractivity contribution in [2.75, 3.05) is 11.9 Å². The number of halogens is 3. The SMILES string of the molecule is CC(NC(=O)CNc1cc(F)cc(F)c1)c1ccc(F)cc1. The van der Waals surface area contributed by atoms with Crippen molar-refractivity contribution >= 4 is 11.6 Å². The van der Waals surface area contributed by atoms with Gasteiger partial charge in [0.1, 0.15) is 17.5 Å². The van der Waals surface area contributed by atoms with Crippen molar-refractivity contribution in [1.82, 2.24) is 5.32 Å². The van der Waals surface area contributed by atoms with Crippen LogP contribution in [0, 0.1) is 17.5 Å².